The Morgan fingerprint density at radius 1 is 1.24 bits per heavy atom. The van der Waals surface area contributed by atoms with Crippen LogP contribution in [0.25, 0.3) is 16.7 Å². The number of esters is 1. The molecule has 2 heterocycles. The molecule has 0 aliphatic carbocycles. The van der Waals surface area contributed by atoms with Crippen LogP contribution in [0.1, 0.15) is 37.0 Å². The lowest BCUT2D eigenvalue weighted by molar-refractivity contribution is 0.0594. The van der Waals surface area contributed by atoms with Crippen molar-refractivity contribution in [3.05, 3.63) is 52.6 Å². The van der Waals surface area contributed by atoms with Gasteiger partial charge in [-0.3, -0.25) is 0 Å². The first-order valence-electron chi connectivity index (χ1n) is 7.66. The molecular weight excluding hydrogens is 345 g/mol. The Morgan fingerprint density at radius 2 is 1.96 bits per heavy atom. The summed E-state index contributed by atoms with van der Waals surface area (Å²) in [4.78, 5) is 16.2. The highest BCUT2D eigenvalue weighted by atomic mass is 35.5. The van der Waals surface area contributed by atoms with Crippen LogP contribution in [-0.4, -0.2) is 27.8 Å². The predicted octanol–water partition coefficient (Wildman–Crippen LogP) is 4.30. The maximum Gasteiger partial charge on any atom is 0.356 e. The molecule has 0 fully saturated rings. The Morgan fingerprint density at radius 3 is 2.56 bits per heavy atom. The minimum absolute atomic E-state index is 0.0439. The standard InChI is InChI=1S/C18H17ClFN3O2/c1-18(2,3)16-15-14(8-7-13(21-15)17(24)25-4)23(22-16)10-5-6-11(19)12(20)9-10/h5-9H,1-4H3. The second-order valence-corrected chi connectivity index (χ2v) is 7.07. The Kier molecular flexibility index (Phi) is 4.24. The summed E-state index contributed by atoms with van der Waals surface area (Å²) in [5, 5.41) is 4.66. The Balaban J connectivity index is 2.30. The molecule has 0 atom stereocenters. The quantitative estimate of drug-likeness (QED) is 0.639. The van der Waals surface area contributed by atoms with E-state index in [1.54, 1.807) is 22.9 Å². The number of ether oxygens (including phenoxy) is 1. The Hall–Kier alpha value is -2.47. The molecule has 3 rings (SSSR count). The summed E-state index contributed by atoms with van der Waals surface area (Å²) in [6.45, 7) is 5.98. The lowest BCUT2D eigenvalue weighted by Crippen LogP contribution is -2.14. The van der Waals surface area contributed by atoms with Gasteiger partial charge in [0.2, 0.25) is 0 Å². The second kappa shape index (κ2) is 6.11. The number of rotatable bonds is 2. The van der Waals surface area contributed by atoms with Gasteiger partial charge in [0.05, 0.1) is 29.0 Å². The van der Waals surface area contributed by atoms with Crippen LogP contribution in [0.3, 0.4) is 0 Å². The van der Waals surface area contributed by atoms with Crippen molar-refractivity contribution in [3.63, 3.8) is 0 Å². The number of methoxy groups -OCH3 is 1. The topological polar surface area (TPSA) is 57.0 Å². The van der Waals surface area contributed by atoms with Crippen LogP contribution in [0.4, 0.5) is 4.39 Å². The molecular formula is C18H17ClFN3O2. The molecule has 25 heavy (non-hydrogen) atoms. The largest absolute Gasteiger partial charge is 0.464 e. The molecule has 0 amide bonds. The van der Waals surface area contributed by atoms with Gasteiger partial charge in [-0.05, 0) is 24.3 Å². The van der Waals surface area contributed by atoms with Gasteiger partial charge >= 0.3 is 5.97 Å². The average molecular weight is 362 g/mol. The highest BCUT2D eigenvalue weighted by molar-refractivity contribution is 6.30. The van der Waals surface area contributed by atoms with Gasteiger partial charge in [-0.15, -0.1) is 0 Å². The molecule has 0 radical (unpaired) electrons. The third-order valence-corrected chi connectivity index (χ3v) is 4.09. The maximum atomic E-state index is 13.9. The first-order valence-corrected chi connectivity index (χ1v) is 8.04. The number of fused-ring (bicyclic) bond motifs is 1. The number of nitrogens with zero attached hydrogens (tertiary/aromatic N) is 3. The average Bonchev–Trinajstić information content (AvgIpc) is 2.95. The van der Waals surface area contributed by atoms with E-state index < -0.39 is 11.8 Å². The smallest absolute Gasteiger partial charge is 0.356 e. The number of benzene rings is 1. The molecule has 0 N–H and O–H groups in total. The van der Waals surface area contributed by atoms with E-state index in [0.29, 0.717) is 22.4 Å². The number of carbonyl (C=O) groups excluding carboxylic acids is 1. The van der Waals surface area contributed by atoms with Crippen molar-refractivity contribution in [2.24, 2.45) is 0 Å². The first-order chi connectivity index (χ1) is 11.7. The van der Waals surface area contributed by atoms with Crippen molar-refractivity contribution < 1.29 is 13.9 Å². The van der Waals surface area contributed by atoms with E-state index in [9.17, 15) is 9.18 Å². The monoisotopic (exact) mass is 361 g/mol. The summed E-state index contributed by atoms with van der Waals surface area (Å²) >= 11 is 5.77. The molecule has 0 bridgehead atoms. The molecule has 5 nitrogen and oxygen atoms in total. The normalized spacial score (nSPS) is 11.8. The maximum absolute atomic E-state index is 13.9. The van der Waals surface area contributed by atoms with Gasteiger partial charge < -0.3 is 4.74 Å². The number of halogens is 2. The van der Waals surface area contributed by atoms with Crippen molar-refractivity contribution in [1.29, 1.82) is 0 Å². The van der Waals surface area contributed by atoms with Gasteiger partial charge in [0.1, 0.15) is 17.0 Å². The zero-order valence-corrected chi connectivity index (χ0v) is 15.1. The van der Waals surface area contributed by atoms with Crippen LogP contribution in [0.2, 0.25) is 5.02 Å². The number of hydrogen-bond acceptors (Lipinski definition) is 4. The third-order valence-electron chi connectivity index (χ3n) is 3.78. The SMILES string of the molecule is COC(=O)c1ccc2c(n1)c(C(C)(C)C)nn2-c1ccc(Cl)c(F)c1. The Labute approximate surface area is 149 Å². The minimum atomic E-state index is -0.528. The van der Waals surface area contributed by atoms with Crippen LogP contribution in [0, 0.1) is 5.82 Å². The summed E-state index contributed by atoms with van der Waals surface area (Å²) < 4.78 is 20.2. The molecule has 0 saturated carbocycles. The fourth-order valence-corrected chi connectivity index (χ4v) is 2.65. The molecule has 1 aromatic carbocycles. The summed E-state index contributed by atoms with van der Waals surface area (Å²) in [7, 11) is 1.30. The van der Waals surface area contributed by atoms with Crippen molar-refractivity contribution in [2.45, 2.75) is 26.2 Å². The molecule has 2 aromatic heterocycles. The van der Waals surface area contributed by atoms with E-state index in [1.807, 2.05) is 20.8 Å². The van der Waals surface area contributed by atoms with E-state index in [-0.39, 0.29) is 16.1 Å². The van der Waals surface area contributed by atoms with E-state index in [1.165, 1.54) is 19.2 Å². The summed E-state index contributed by atoms with van der Waals surface area (Å²) in [6, 6.07) is 7.76. The molecule has 0 spiro atoms. The van der Waals surface area contributed by atoms with Gasteiger partial charge in [0.15, 0.2) is 0 Å². The first kappa shape index (κ1) is 17.4. The molecule has 0 saturated heterocycles. The summed E-state index contributed by atoms with van der Waals surface area (Å²) in [5.74, 6) is -1.05. The molecule has 7 heteroatoms. The van der Waals surface area contributed by atoms with Crippen LogP contribution < -0.4 is 0 Å². The molecule has 0 aliphatic rings. The lowest BCUT2D eigenvalue weighted by Gasteiger charge is -2.15. The summed E-state index contributed by atoms with van der Waals surface area (Å²) in [6.07, 6.45) is 0. The summed E-state index contributed by atoms with van der Waals surface area (Å²) in [5.41, 5.74) is 2.34. The van der Waals surface area contributed by atoms with Gasteiger partial charge in [-0.1, -0.05) is 32.4 Å². The van der Waals surface area contributed by atoms with Gasteiger partial charge in [-0.2, -0.15) is 5.10 Å². The van der Waals surface area contributed by atoms with E-state index in [2.05, 4.69) is 10.1 Å². The van der Waals surface area contributed by atoms with Crippen LogP contribution >= 0.6 is 11.6 Å². The molecule has 3 aromatic rings. The van der Waals surface area contributed by atoms with E-state index >= 15 is 0 Å². The fourth-order valence-electron chi connectivity index (χ4n) is 2.54. The Bertz CT molecular complexity index is 976. The second-order valence-electron chi connectivity index (χ2n) is 6.66. The zero-order valence-electron chi connectivity index (χ0n) is 14.3. The molecule has 0 aliphatic heterocycles. The minimum Gasteiger partial charge on any atom is -0.464 e. The van der Waals surface area contributed by atoms with E-state index in [4.69, 9.17) is 16.3 Å². The highest BCUT2D eigenvalue weighted by Crippen LogP contribution is 2.30. The van der Waals surface area contributed by atoms with Gasteiger partial charge in [0, 0.05) is 11.5 Å². The van der Waals surface area contributed by atoms with Gasteiger partial charge in [0.25, 0.3) is 0 Å². The van der Waals surface area contributed by atoms with Crippen molar-refractivity contribution in [3.8, 4) is 5.69 Å². The van der Waals surface area contributed by atoms with E-state index in [0.717, 1.165) is 0 Å². The number of pyridine rings is 1. The van der Waals surface area contributed by atoms with Gasteiger partial charge in [-0.25, -0.2) is 18.9 Å². The van der Waals surface area contributed by atoms with Crippen molar-refractivity contribution in [1.82, 2.24) is 14.8 Å². The van der Waals surface area contributed by atoms with Crippen LogP contribution in [0.15, 0.2) is 30.3 Å². The zero-order chi connectivity index (χ0) is 18.4. The number of carbonyl (C=O) groups is 1. The highest BCUT2D eigenvalue weighted by Gasteiger charge is 2.25. The van der Waals surface area contributed by atoms with Crippen molar-refractivity contribution in [2.75, 3.05) is 7.11 Å². The lowest BCUT2D eigenvalue weighted by atomic mass is 9.91. The number of hydrogen-bond donors (Lipinski definition) is 0. The molecule has 0 unspecified atom stereocenters. The van der Waals surface area contributed by atoms with Crippen LogP contribution in [0.5, 0.6) is 0 Å². The number of aromatic nitrogens is 3. The third kappa shape index (κ3) is 3.09. The fraction of sp³-hybridized carbons (Fsp3) is 0.278. The predicted molar refractivity (Wildman–Crippen MR) is 93.9 cm³/mol. The van der Waals surface area contributed by atoms with Crippen molar-refractivity contribution >= 4 is 28.6 Å². The van der Waals surface area contributed by atoms with Crippen LogP contribution in [-0.2, 0) is 10.2 Å². The molecule has 130 valence electrons.